The summed E-state index contributed by atoms with van der Waals surface area (Å²) in [6, 6.07) is 46.0. The summed E-state index contributed by atoms with van der Waals surface area (Å²) in [5.41, 5.74) is 21.4. The van der Waals surface area contributed by atoms with Crippen LogP contribution in [0.2, 0.25) is 0 Å². The van der Waals surface area contributed by atoms with Gasteiger partial charge in [-0.15, -0.1) is 11.3 Å². The van der Waals surface area contributed by atoms with Crippen LogP contribution in [0.4, 0.5) is 34.1 Å². The molecular weight excluding hydrogens is 804 g/mol. The van der Waals surface area contributed by atoms with Crippen molar-refractivity contribution in [2.75, 3.05) is 9.80 Å². The van der Waals surface area contributed by atoms with Crippen LogP contribution in [-0.2, 0) is 32.5 Å². The molecular formula is C61H69BN2S. The number of anilines is 6. The summed E-state index contributed by atoms with van der Waals surface area (Å²) in [4.78, 5) is 5.33. The highest BCUT2D eigenvalue weighted by Crippen LogP contribution is 2.54. The van der Waals surface area contributed by atoms with Gasteiger partial charge in [-0.3, -0.25) is 0 Å². The van der Waals surface area contributed by atoms with Crippen molar-refractivity contribution in [3.05, 3.63) is 149 Å². The SMILES string of the molecule is CC(C)(C)c1ccc(-c2ccc(C(C)(C)C)cc2N2c3cc(C(C)(C)C)ccc3B3c4sc5ccc(C(C)(C)C)cc5c4N(c4ccc5c(c4)C(C)(C)CC5(C)C)c4cccc2c43)cc1. The molecule has 0 saturated heterocycles. The van der Waals surface area contributed by atoms with Crippen LogP contribution in [0.3, 0.4) is 0 Å². The fourth-order valence-electron chi connectivity index (χ4n) is 11.6. The van der Waals surface area contributed by atoms with Gasteiger partial charge in [0.1, 0.15) is 0 Å². The second kappa shape index (κ2) is 14.2. The van der Waals surface area contributed by atoms with Gasteiger partial charge in [-0.2, -0.15) is 0 Å². The minimum Gasteiger partial charge on any atom is -0.311 e. The van der Waals surface area contributed by atoms with E-state index in [0.717, 1.165) is 6.42 Å². The summed E-state index contributed by atoms with van der Waals surface area (Å²) < 4.78 is 2.77. The third-order valence-electron chi connectivity index (χ3n) is 15.1. The Bertz CT molecular complexity index is 3060. The largest absolute Gasteiger partial charge is 0.311 e. The van der Waals surface area contributed by atoms with Crippen molar-refractivity contribution < 1.29 is 0 Å². The third-order valence-corrected chi connectivity index (χ3v) is 16.3. The fourth-order valence-corrected chi connectivity index (χ4v) is 12.9. The van der Waals surface area contributed by atoms with Crippen LogP contribution in [0.5, 0.6) is 0 Å². The second-order valence-electron chi connectivity index (χ2n) is 25.1. The van der Waals surface area contributed by atoms with Gasteiger partial charge in [-0.25, -0.2) is 0 Å². The molecule has 0 N–H and O–H groups in total. The topological polar surface area (TPSA) is 6.48 Å². The van der Waals surface area contributed by atoms with E-state index in [4.69, 9.17) is 0 Å². The van der Waals surface area contributed by atoms with E-state index in [0.29, 0.717) is 0 Å². The molecule has 1 aromatic heterocycles. The first-order valence-corrected chi connectivity index (χ1v) is 24.9. The molecule has 0 amide bonds. The first-order chi connectivity index (χ1) is 30.2. The molecule has 0 unspecified atom stereocenters. The number of benzene rings is 6. The van der Waals surface area contributed by atoms with Crippen LogP contribution in [0.15, 0.2) is 115 Å². The number of fused-ring (bicyclic) bond motifs is 7. The van der Waals surface area contributed by atoms with Crippen molar-refractivity contribution in [3.63, 3.8) is 0 Å². The molecule has 332 valence electrons. The number of nitrogens with zero attached hydrogens (tertiary/aromatic N) is 2. The summed E-state index contributed by atoms with van der Waals surface area (Å²) >= 11 is 2.00. The van der Waals surface area contributed by atoms with Crippen molar-refractivity contribution >= 4 is 78.0 Å². The molecule has 6 aromatic carbocycles. The van der Waals surface area contributed by atoms with Gasteiger partial charge in [0.05, 0.1) is 11.4 Å². The number of thiophene rings is 1. The molecule has 0 fully saturated rings. The average Bonchev–Trinajstić information content (AvgIpc) is 3.68. The Morgan fingerprint density at radius 1 is 0.492 bits per heavy atom. The van der Waals surface area contributed by atoms with Crippen LogP contribution in [0.1, 0.15) is 151 Å². The van der Waals surface area contributed by atoms with Crippen molar-refractivity contribution in [2.24, 2.45) is 0 Å². The van der Waals surface area contributed by atoms with E-state index in [9.17, 15) is 0 Å². The predicted molar refractivity (Wildman–Crippen MR) is 287 cm³/mol. The summed E-state index contributed by atoms with van der Waals surface area (Å²) in [5, 5.41) is 1.35. The Balaban J connectivity index is 1.31. The standard InChI is InChI=1S/C61H69BN2S/c1-56(2,3)38-22-20-37(21-23-38)43-28-24-40(58(7,8)9)33-50(43)64-49-19-17-18-48-53(49)62(47-30-25-41(34-51(47)64)59(10,11)12)55-54(44-32-39(57(4,5)6)26-31-52(44)65-55)63(48)42-27-29-45-46(35-42)61(15,16)36-60(45,13)14/h17-35H,36H2,1-16H3. The average molecular weight is 873 g/mol. The summed E-state index contributed by atoms with van der Waals surface area (Å²) in [6.07, 6.45) is 1.14. The molecule has 2 aliphatic heterocycles. The zero-order valence-corrected chi connectivity index (χ0v) is 42.9. The van der Waals surface area contributed by atoms with Crippen molar-refractivity contribution in [2.45, 2.75) is 150 Å². The molecule has 0 atom stereocenters. The highest BCUT2D eigenvalue weighted by Gasteiger charge is 2.47. The fraction of sp³-hybridized carbons (Fsp3) is 0.377. The molecule has 7 aromatic rings. The lowest BCUT2D eigenvalue weighted by molar-refractivity contribution is 0.403. The lowest BCUT2D eigenvalue weighted by atomic mass is 9.36. The summed E-state index contributed by atoms with van der Waals surface area (Å²) in [5.74, 6) is 0. The van der Waals surface area contributed by atoms with Gasteiger partial charge < -0.3 is 9.80 Å². The smallest absolute Gasteiger partial charge is 0.264 e. The monoisotopic (exact) mass is 873 g/mol. The van der Waals surface area contributed by atoms with E-state index in [1.54, 1.807) is 0 Å². The van der Waals surface area contributed by atoms with E-state index >= 15 is 0 Å². The van der Waals surface area contributed by atoms with Crippen molar-refractivity contribution in [1.82, 2.24) is 0 Å². The Hall–Kier alpha value is -5.06. The molecule has 0 radical (unpaired) electrons. The normalized spacial score (nSPS) is 16.4. The van der Waals surface area contributed by atoms with Gasteiger partial charge in [0.25, 0.3) is 6.71 Å². The Morgan fingerprint density at radius 3 is 1.66 bits per heavy atom. The van der Waals surface area contributed by atoms with Crippen LogP contribution in [0.25, 0.3) is 21.2 Å². The Labute approximate surface area is 395 Å². The molecule has 0 spiro atoms. The Kier molecular flexibility index (Phi) is 9.59. The number of hydrogen-bond acceptors (Lipinski definition) is 3. The molecule has 2 nitrogen and oxygen atoms in total. The van der Waals surface area contributed by atoms with Crippen LogP contribution in [-0.4, -0.2) is 6.71 Å². The van der Waals surface area contributed by atoms with E-state index < -0.39 is 0 Å². The maximum absolute atomic E-state index is 2.67. The number of rotatable bonds is 3. The van der Waals surface area contributed by atoms with Crippen LogP contribution in [0, 0.1) is 0 Å². The Morgan fingerprint density at radius 2 is 1.03 bits per heavy atom. The summed E-state index contributed by atoms with van der Waals surface area (Å²) in [7, 11) is 0. The number of hydrogen-bond donors (Lipinski definition) is 0. The van der Waals surface area contributed by atoms with Gasteiger partial charge in [-0.05, 0) is 137 Å². The minimum atomic E-state index is -0.0432. The van der Waals surface area contributed by atoms with Gasteiger partial charge in [0.15, 0.2) is 0 Å². The first-order valence-electron chi connectivity index (χ1n) is 24.1. The molecule has 1 aliphatic carbocycles. The van der Waals surface area contributed by atoms with Crippen molar-refractivity contribution in [1.29, 1.82) is 0 Å². The van der Waals surface area contributed by atoms with Gasteiger partial charge in [-0.1, -0.05) is 178 Å². The molecule has 3 heterocycles. The van der Waals surface area contributed by atoms with Crippen LogP contribution < -0.4 is 25.5 Å². The van der Waals surface area contributed by atoms with E-state index in [1.165, 1.54) is 104 Å². The van der Waals surface area contributed by atoms with Gasteiger partial charge in [0.2, 0.25) is 0 Å². The van der Waals surface area contributed by atoms with Gasteiger partial charge >= 0.3 is 0 Å². The van der Waals surface area contributed by atoms with Crippen molar-refractivity contribution in [3.8, 4) is 11.1 Å². The van der Waals surface area contributed by atoms with E-state index in [2.05, 4.69) is 236 Å². The summed E-state index contributed by atoms with van der Waals surface area (Å²) in [6.45, 7) is 37.8. The maximum Gasteiger partial charge on any atom is 0.264 e. The molecule has 4 heteroatoms. The first kappa shape index (κ1) is 43.8. The zero-order chi connectivity index (χ0) is 46.6. The van der Waals surface area contributed by atoms with E-state index in [1.807, 2.05) is 11.3 Å². The highest BCUT2D eigenvalue weighted by atomic mass is 32.1. The third kappa shape index (κ3) is 7.03. The molecule has 0 bridgehead atoms. The lowest BCUT2D eigenvalue weighted by Gasteiger charge is -2.44. The molecule has 65 heavy (non-hydrogen) atoms. The quantitative estimate of drug-likeness (QED) is 0.163. The lowest BCUT2D eigenvalue weighted by Crippen LogP contribution is -2.60. The molecule has 10 rings (SSSR count). The minimum absolute atomic E-state index is 0.0183. The highest BCUT2D eigenvalue weighted by molar-refractivity contribution is 7.33. The second-order valence-corrected chi connectivity index (χ2v) is 26.2. The van der Waals surface area contributed by atoms with E-state index in [-0.39, 0.29) is 39.2 Å². The predicted octanol–water partition coefficient (Wildman–Crippen LogP) is 15.8. The molecule has 0 saturated carbocycles. The maximum atomic E-state index is 2.67. The van der Waals surface area contributed by atoms with Crippen LogP contribution >= 0.6 is 11.3 Å². The molecule has 3 aliphatic rings. The van der Waals surface area contributed by atoms with Gasteiger partial charge in [0, 0.05) is 43.2 Å². The zero-order valence-electron chi connectivity index (χ0n) is 42.1.